The van der Waals surface area contributed by atoms with Crippen molar-refractivity contribution in [2.75, 3.05) is 0 Å². The Kier molecular flexibility index (Phi) is 9.97. The molecule has 1 aliphatic heterocycles. The van der Waals surface area contributed by atoms with E-state index in [-0.39, 0.29) is 6.42 Å². The summed E-state index contributed by atoms with van der Waals surface area (Å²) in [5.74, 6) is -0.652. The molecule has 138 valence electrons. The summed E-state index contributed by atoms with van der Waals surface area (Å²) >= 11 is 0. The fraction of sp³-hybridized carbons (Fsp3) is 0.526. The molecule has 0 bridgehead atoms. The predicted octanol–water partition coefficient (Wildman–Crippen LogP) is 3.43. The van der Waals surface area contributed by atoms with Crippen LogP contribution in [0.25, 0.3) is 0 Å². The predicted molar refractivity (Wildman–Crippen MR) is 96.1 cm³/mol. The highest BCUT2D eigenvalue weighted by atomic mass is 16.3. The summed E-state index contributed by atoms with van der Waals surface area (Å²) in [6.07, 6.45) is 10.0. The van der Waals surface area contributed by atoms with Crippen molar-refractivity contribution in [3.63, 3.8) is 0 Å². The van der Waals surface area contributed by atoms with Crippen LogP contribution in [0, 0.1) is 0 Å². The second kappa shape index (κ2) is 12.1. The fourth-order valence-electron chi connectivity index (χ4n) is 2.51. The molecule has 1 aromatic carbocycles. The molecular formula is C19H28N2O4. The number of para-hydroxylation sites is 1. The second-order valence-corrected chi connectivity index (χ2v) is 6.10. The minimum absolute atomic E-state index is 0.258. The molecule has 0 atom stereocenters. The SMILES string of the molecule is CCCCCCCCCc1ccccc1O.O=C1CC(=O)NC(=O)N1. The monoisotopic (exact) mass is 348 g/mol. The van der Waals surface area contributed by atoms with Crippen LogP contribution in [0.4, 0.5) is 4.79 Å². The Balaban J connectivity index is 0.000000293. The molecular weight excluding hydrogens is 320 g/mol. The van der Waals surface area contributed by atoms with E-state index in [0.717, 1.165) is 12.0 Å². The molecule has 4 amide bonds. The fourth-order valence-corrected chi connectivity index (χ4v) is 2.51. The van der Waals surface area contributed by atoms with E-state index >= 15 is 0 Å². The maximum Gasteiger partial charge on any atom is 0.328 e. The van der Waals surface area contributed by atoms with E-state index < -0.39 is 17.8 Å². The van der Waals surface area contributed by atoms with E-state index in [0.29, 0.717) is 5.75 Å². The number of benzene rings is 1. The normalized spacial score (nSPS) is 13.6. The number of aromatic hydroxyl groups is 1. The molecule has 1 heterocycles. The van der Waals surface area contributed by atoms with Gasteiger partial charge in [0.25, 0.3) is 0 Å². The number of barbiturate groups is 1. The number of hydrogen-bond donors (Lipinski definition) is 3. The molecule has 25 heavy (non-hydrogen) atoms. The van der Waals surface area contributed by atoms with Crippen LogP contribution in [-0.4, -0.2) is 23.0 Å². The van der Waals surface area contributed by atoms with Gasteiger partial charge < -0.3 is 5.11 Å². The van der Waals surface area contributed by atoms with Crippen molar-refractivity contribution >= 4 is 17.8 Å². The van der Waals surface area contributed by atoms with Gasteiger partial charge in [0.15, 0.2) is 0 Å². The van der Waals surface area contributed by atoms with Crippen molar-refractivity contribution in [1.82, 2.24) is 10.6 Å². The zero-order valence-electron chi connectivity index (χ0n) is 14.8. The Hall–Kier alpha value is -2.37. The maximum atomic E-state index is 10.3. The van der Waals surface area contributed by atoms with Crippen LogP contribution < -0.4 is 10.6 Å². The van der Waals surface area contributed by atoms with Crippen molar-refractivity contribution in [1.29, 1.82) is 0 Å². The number of amides is 4. The van der Waals surface area contributed by atoms with Gasteiger partial charge in [-0.3, -0.25) is 20.2 Å². The zero-order valence-corrected chi connectivity index (χ0v) is 14.8. The van der Waals surface area contributed by atoms with Gasteiger partial charge >= 0.3 is 6.03 Å². The number of nitrogens with one attached hydrogen (secondary N) is 2. The third kappa shape index (κ3) is 9.49. The van der Waals surface area contributed by atoms with E-state index in [1.165, 1.54) is 44.9 Å². The van der Waals surface area contributed by atoms with Gasteiger partial charge in [-0.15, -0.1) is 0 Å². The van der Waals surface area contributed by atoms with Crippen LogP contribution in [0.1, 0.15) is 63.9 Å². The molecule has 6 heteroatoms. The lowest BCUT2D eigenvalue weighted by Gasteiger charge is -2.09. The molecule has 0 aliphatic carbocycles. The molecule has 0 radical (unpaired) electrons. The lowest BCUT2D eigenvalue weighted by Crippen LogP contribution is -2.49. The molecule has 1 aromatic rings. The van der Waals surface area contributed by atoms with Crippen molar-refractivity contribution < 1.29 is 19.5 Å². The Bertz CT molecular complexity index is 527. The third-order valence-corrected chi connectivity index (χ3v) is 3.87. The lowest BCUT2D eigenvalue weighted by molar-refractivity contribution is -0.129. The van der Waals surface area contributed by atoms with E-state index in [4.69, 9.17) is 0 Å². The average Bonchev–Trinajstić information content (AvgIpc) is 2.55. The minimum Gasteiger partial charge on any atom is -0.508 e. The number of rotatable bonds is 8. The number of unbranched alkanes of at least 4 members (excludes halogenated alkanes) is 6. The first-order valence-corrected chi connectivity index (χ1v) is 8.93. The molecule has 1 aliphatic rings. The Morgan fingerprint density at radius 1 is 0.880 bits per heavy atom. The third-order valence-electron chi connectivity index (χ3n) is 3.87. The summed E-state index contributed by atoms with van der Waals surface area (Å²) < 4.78 is 0. The summed E-state index contributed by atoms with van der Waals surface area (Å²) in [5, 5.41) is 13.4. The summed E-state index contributed by atoms with van der Waals surface area (Å²) in [6.45, 7) is 2.25. The Labute approximate surface area is 149 Å². The van der Waals surface area contributed by atoms with Crippen LogP contribution in [0.5, 0.6) is 5.75 Å². The molecule has 2 rings (SSSR count). The molecule has 0 spiro atoms. The molecule has 0 aromatic heterocycles. The first kappa shape index (κ1) is 20.7. The number of phenolic OH excluding ortho intramolecular Hbond substituents is 1. The van der Waals surface area contributed by atoms with Gasteiger partial charge in [0, 0.05) is 0 Å². The number of urea groups is 1. The maximum absolute atomic E-state index is 10.3. The molecule has 1 fully saturated rings. The molecule has 6 nitrogen and oxygen atoms in total. The first-order valence-electron chi connectivity index (χ1n) is 8.93. The van der Waals surface area contributed by atoms with Gasteiger partial charge in [-0.25, -0.2) is 4.79 Å². The highest BCUT2D eigenvalue weighted by Crippen LogP contribution is 2.18. The molecule has 0 saturated carbocycles. The van der Waals surface area contributed by atoms with E-state index in [9.17, 15) is 19.5 Å². The Morgan fingerprint density at radius 3 is 2.00 bits per heavy atom. The lowest BCUT2D eigenvalue weighted by atomic mass is 10.0. The van der Waals surface area contributed by atoms with Gasteiger partial charge in [-0.05, 0) is 24.5 Å². The Morgan fingerprint density at radius 2 is 1.44 bits per heavy atom. The molecule has 0 unspecified atom stereocenters. The molecule has 3 N–H and O–H groups in total. The van der Waals surface area contributed by atoms with Gasteiger partial charge in [-0.2, -0.15) is 0 Å². The van der Waals surface area contributed by atoms with Crippen LogP contribution in [-0.2, 0) is 16.0 Å². The minimum atomic E-state index is -0.740. The van der Waals surface area contributed by atoms with E-state index in [1.807, 2.05) is 28.8 Å². The first-order chi connectivity index (χ1) is 12.0. The van der Waals surface area contributed by atoms with Crippen LogP contribution in [0.2, 0.25) is 0 Å². The second-order valence-electron chi connectivity index (χ2n) is 6.10. The quantitative estimate of drug-likeness (QED) is 0.495. The number of hydrogen-bond acceptors (Lipinski definition) is 4. The van der Waals surface area contributed by atoms with Crippen LogP contribution in [0.3, 0.4) is 0 Å². The van der Waals surface area contributed by atoms with Gasteiger partial charge in [0.05, 0.1) is 0 Å². The number of imide groups is 2. The van der Waals surface area contributed by atoms with Crippen LogP contribution >= 0.6 is 0 Å². The number of carbonyl (C=O) groups is 3. The van der Waals surface area contributed by atoms with Crippen LogP contribution in [0.15, 0.2) is 24.3 Å². The summed E-state index contributed by atoms with van der Waals surface area (Å²) in [4.78, 5) is 30.8. The van der Waals surface area contributed by atoms with Crippen molar-refractivity contribution in [2.45, 2.75) is 64.7 Å². The number of carbonyl (C=O) groups excluding carboxylic acids is 3. The highest BCUT2D eigenvalue weighted by molar-refractivity contribution is 6.14. The smallest absolute Gasteiger partial charge is 0.328 e. The van der Waals surface area contributed by atoms with Crippen molar-refractivity contribution in [3.05, 3.63) is 29.8 Å². The van der Waals surface area contributed by atoms with Gasteiger partial charge in [0.2, 0.25) is 11.8 Å². The molecule has 1 saturated heterocycles. The van der Waals surface area contributed by atoms with Gasteiger partial charge in [0.1, 0.15) is 12.2 Å². The van der Waals surface area contributed by atoms with Crippen molar-refractivity contribution in [2.24, 2.45) is 0 Å². The zero-order chi connectivity index (χ0) is 18.5. The number of aryl methyl sites for hydroxylation is 1. The van der Waals surface area contributed by atoms with Crippen molar-refractivity contribution in [3.8, 4) is 5.75 Å². The topological polar surface area (TPSA) is 95.5 Å². The van der Waals surface area contributed by atoms with E-state index in [1.54, 1.807) is 6.07 Å². The summed E-state index contributed by atoms with van der Waals surface area (Å²) in [6, 6.07) is 6.93. The largest absolute Gasteiger partial charge is 0.508 e. The standard InChI is InChI=1S/C15H24O.C4H4N2O3/c1-2-3-4-5-6-7-8-11-14-12-9-10-13-15(14)16;7-2-1-3(8)6-4(9)5-2/h9-10,12-13,16H,2-8,11H2,1H3;1H2,(H2,5,6,7,8,9). The summed E-state index contributed by atoms with van der Waals surface area (Å²) in [7, 11) is 0. The average molecular weight is 348 g/mol. The van der Waals surface area contributed by atoms with Gasteiger partial charge in [-0.1, -0.05) is 63.6 Å². The number of phenols is 1. The highest BCUT2D eigenvalue weighted by Gasteiger charge is 2.20. The van der Waals surface area contributed by atoms with E-state index in [2.05, 4.69) is 6.92 Å². The summed E-state index contributed by atoms with van der Waals surface area (Å²) in [5.41, 5.74) is 1.09.